The molecule has 0 bridgehead atoms. The SMILES string of the molecule is O=C(NCCC1CCCO1)C1CNCc2ccccc21. The van der Waals surface area contributed by atoms with Gasteiger partial charge in [0.2, 0.25) is 5.91 Å². The number of benzene rings is 1. The standard InChI is InChI=1S/C16H22N2O2/c19-16(18-8-7-13-5-3-9-20-13)15-11-17-10-12-4-1-2-6-14(12)15/h1-2,4,6,13,15,17H,3,5,7-11H2,(H,18,19). The predicted molar refractivity (Wildman–Crippen MR) is 77.5 cm³/mol. The summed E-state index contributed by atoms with van der Waals surface area (Å²) in [4.78, 5) is 12.3. The van der Waals surface area contributed by atoms with Crippen LogP contribution in [0.1, 0.15) is 36.3 Å². The Morgan fingerprint density at radius 3 is 3.15 bits per heavy atom. The molecule has 2 atom stereocenters. The zero-order valence-corrected chi connectivity index (χ0v) is 11.7. The number of rotatable bonds is 4. The van der Waals surface area contributed by atoms with Crippen molar-refractivity contribution in [2.24, 2.45) is 0 Å². The summed E-state index contributed by atoms with van der Waals surface area (Å²) in [6.07, 6.45) is 3.54. The molecular formula is C16H22N2O2. The smallest absolute Gasteiger partial charge is 0.228 e. The van der Waals surface area contributed by atoms with Crippen LogP contribution in [0, 0.1) is 0 Å². The largest absolute Gasteiger partial charge is 0.378 e. The summed E-state index contributed by atoms with van der Waals surface area (Å²) >= 11 is 0. The van der Waals surface area contributed by atoms with E-state index in [1.54, 1.807) is 0 Å². The third kappa shape index (κ3) is 3.02. The van der Waals surface area contributed by atoms with E-state index >= 15 is 0 Å². The van der Waals surface area contributed by atoms with Crippen LogP contribution in [0.3, 0.4) is 0 Å². The summed E-state index contributed by atoms with van der Waals surface area (Å²) in [5.41, 5.74) is 2.40. The van der Waals surface area contributed by atoms with Crippen LogP contribution in [-0.4, -0.2) is 31.7 Å². The van der Waals surface area contributed by atoms with Crippen LogP contribution >= 0.6 is 0 Å². The van der Waals surface area contributed by atoms with Crippen molar-refractivity contribution in [2.45, 2.75) is 37.8 Å². The van der Waals surface area contributed by atoms with E-state index in [9.17, 15) is 4.79 Å². The zero-order valence-electron chi connectivity index (χ0n) is 11.7. The number of fused-ring (bicyclic) bond motifs is 1. The molecule has 1 aromatic rings. The molecule has 2 aliphatic heterocycles. The Balaban J connectivity index is 1.55. The maximum atomic E-state index is 12.3. The highest BCUT2D eigenvalue weighted by atomic mass is 16.5. The van der Waals surface area contributed by atoms with Gasteiger partial charge in [0, 0.05) is 26.2 Å². The molecule has 0 aliphatic carbocycles. The molecule has 2 unspecified atom stereocenters. The third-order valence-electron chi connectivity index (χ3n) is 4.20. The van der Waals surface area contributed by atoms with Gasteiger partial charge in [-0.25, -0.2) is 0 Å². The molecule has 1 saturated heterocycles. The highest BCUT2D eigenvalue weighted by Gasteiger charge is 2.26. The lowest BCUT2D eigenvalue weighted by Gasteiger charge is -2.25. The lowest BCUT2D eigenvalue weighted by Crippen LogP contribution is -2.39. The van der Waals surface area contributed by atoms with Gasteiger partial charge in [-0.1, -0.05) is 24.3 Å². The molecule has 0 aromatic heterocycles. The molecule has 4 nitrogen and oxygen atoms in total. The summed E-state index contributed by atoms with van der Waals surface area (Å²) in [5.74, 6) is 0.0621. The van der Waals surface area contributed by atoms with Crippen LogP contribution in [0.25, 0.3) is 0 Å². The van der Waals surface area contributed by atoms with Crippen molar-refractivity contribution in [2.75, 3.05) is 19.7 Å². The van der Waals surface area contributed by atoms with Crippen LogP contribution in [0.4, 0.5) is 0 Å². The Morgan fingerprint density at radius 2 is 2.30 bits per heavy atom. The van der Waals surface area contributed by atoms with Crippen molar-refractivity contribution >= 4 is 5.91 Å². The van der Waals surface area contributed by atoms with Crippen molar-refractivity contribution in [1.29, 1.82) is 0 Å². The van der Waals surface area contributed by atoms with E-state index in [2.05, 4.69) is 22.8 Å². The van der Waals surface area contributed by atoms with Gasteiger partial charge in [-0.2, -0.15) is 0 Å². The Hall–Kier alpha value is -1.39. The first-order valence-electron chi connectivity index (χ1n) is 7.52. The fourth-order valence-electron chi connectivity index (χ4n) is 3.08. The lowest BCUT2D eigenvalue weighted by molar-refractivity contribution is -0.122. The molecule has 4 heteroatoms. The van der Waals surface area contributed by atoms with Crippen LogP contribution < -0.4 is 10.6 Å². The van der Waals surface area contributed by atoms with E-state index in [1.165, 1.54) is 11.1 Å². The molecule has 0 spiro atoms. The predicted octanol–water partition coefficient (Wildman–Crippen LogP) is 1.56. The van der Waals surface area contributed by atoms with Gasteiger partial charge < -0.3 is 15.4 Å². The molecular weight excluding hydrogens is 252 g/mol. The third-order valence-corrected chi connectivity index (χ3v) is 4.20. The minimum absolute atomic E-state index is 0.0653. The van der Waals surface area contributed by atoms with E-state index in [0.29, 0.717) is 12.6 Å². The van der Waals surface area contributed by atoms with E-state index in [-0.39, 0.29) is 11.8 Å². The second kappa shape index (κ2) is 6.37. The van der Waals surface area contributed by atoms with E-state index in [1.807, 2.05) is 12.1 Å². The van der Waals surface area contributed by atoms with Crippen LogP contribution in [-0.2, 0) is 16.1 Å². The molecule has 108 valence electrons. The number of amides is 1. The minimum Gasteiger partial charge on any atom is -0.378 e. The van der Waals surface area contributed by atoms with Gasteiger partial charge in [-0.15, -0.1) is 0 Å². The van der Waals surface area contributed by atoms with Crippen molar-refractivity contribution in [1.82, 2.24) is 10.6 Å². The summed E-state index contributed by atoms with van der Waals surface area (Å²) < 4.78 is 5.57. The van der Waals surface area contributed by atoms with Crippen LogP contribution in [0.5, 0.6) is 0 Å². The molecule has 2 aliphatic rings. The maximum absolute atomic E-state index is 12.3. The second-order valence-electron chi connectivity index (χ2n) is 5.60. The maximum Gasteiger partial charge on any atom is 0.228 e. The number of nitrogens with one attached hydrogen (secondary N) is 2. The normalized spacial score (nSPS) is 25.2. The molecule has 20 heavy (non-hydrogen) atoms. The fraction of sp³-hybridized carbons (Fsp3) is 0.562. The number of carbonyl (C=O) groups is 1. The Morgan fingerprint density at radius 1 is 1.40 bits per heavy atom. The summed E-state index contributed by atoms with van der Waals surface area (Å²) in [6, 6.07) is 8.20. The molecule has 2 heterocycles. The Kier molecular flexibility index (Phi) is 4.33. The van der Waals surface area contributed by atoms with Crippen LogP contribution in [0.15, 0.2) is 24.3 Å². The van der Waals surface area contributed by atoms with Crippen LogP contribution in [0.2, 0.25) is 0 Å². The highest BCUT2D eigenvalue weighted by Crippen LogP contribution is 2.24. The average molecular weight is 274 g/mol. The molecule has 1 amide bonds. The molecule has 1 aromatic carbocycles. The fourth-order valence-corrected chi connectivity index (χ4v) is 3.08. The van der Waals surface area contributed by atoms with E-state index in [0.717, 1.165) is 39.0 Å². The molecule has 3 rings (SSSR count). The minimum atomic E-state index is -0.0653. The highest BCUT2D eigenvalue weighted by molar-refractivity contribution is 5.84. The van der Waals surface area contributed by atoms with Gasteiger partial charge in [-0.3, -0.25) is 4.79 Å². The van der Waals surface area contributed by atoms with E-state index < -0.39 is 0 Å². The average Bonchev–Trinajstić information content (AvgIpc) is 3.00. The number of hydrogen-bond acceptors (Lipinski definition) is 3. The number of hydrogen-bond donors (Lipinski definition) is 2. The van der Waals surface area contributed by atoms with Gasteiger partial charge in [0.1, 0.15) is 0 Å². The first-order valence-corrected chi connectivity index (χ1v) is 7.52. The Bertz CT molecular complexity index is 469. The summed E-state index contributed by atoms with van der Waals surface area (Å²) in [5, 5.41) is 6.38. The zero-order chi connectivity index (χ0) is 13.8. The Labute approximate surface area is 119 Å². The number of ether oxygens (including phenoxy) is 1. The van der Waals surface area contributed by atoms with Gasteiger partial charge in [0.15, 0.2) is 0 Å². The summed E-state index contributed by atoms with van der Waals surface area (Å²) in [6.45, 7) is 3.17. The quantitative estimate of drug-likeness (QED) is 0.876. The summed E-state index contributed by atoms with van der Waals surface area (Å²) in [7, 11) is 0. The molecule has 2 N–H and O–H groups in total. The van der Waals surface area contributed by atoms with E-state index in [4.69, 9.17) is 4.74 Å². The topological polar surface area (TPSA) is 50.4 Å². The molecule has 0 radical (unpaired) electrons. The van der Waals surface area contributed by atoms with Crippen molar-refractivity contribution in [3.05, 3.63) is 35.4 Å². The molecule has 0 saturated carbocycles. The van der Waals surface area contributed by atoms with Gasteiger partial charge >= 0.3 is 0 Å². The van der Waals surface area contributed by atoms with Crippen molar-refractivity contribution in [3.63, 3.8) is 0 Å². The van der Waals surface area contributed by atoms with Crippen molar-refractivity contribution in [3.8, 4) is 0 Å². The number of carbonyl (C=O) groups excluding carboxylic acids is 1. The van der Waals surface area contributed by atoms with Gasteiger partial charge in [0.25, 0.3) is 0 Å². The second-order valence-corrected chi connectivity index (χ2v) is 5.60. The molecule has 1 fully saturated rings. The van der Waals surface area contributed by atoms with Crippen molar-refractivity contribution < 1.29 is 9.53 Å². The first-order chi connectivity index (χ1) is 9.84. The monoisotopic (exact) mass is 274 g/mol. The lowest BCUT2D eigenvalue weighted by atomic mass is 9.90. The van der Waals surface area contributed by atoms with Gasteiger partial charge in [-0.05, 0) is 30.4 Å². The first kappa shape index (κ1) is 13.6. The van der Waals surface area contributed by atoms with Gasteiger partial charge in [0.05, 0.1) is 12.0 Å².